The highest BCUT2D eigenvalue weighted by atomic mass is 79.9. The fraction of sp³-hybridized carbons (Fsp3) is 0.273. The lowest BCUT2D eigenvalue weighted by molar-refractivity contribution is 1.10. The summed E-state index contributed by atoms with van der Waals surface area (Å²) in [5, 5.41) is 3.29. The molecule has 2 heteroatoms. The van der Waals surface area contributed by atoms with Gasteiger partial charge >= 0.3 is 0 Å². The summed E-state index contributed by atoms with van der Waals surface area (Å²) in [6.07, 6.45) is 0.892. The fourth-order valence-electron chi connectivity index (χ4n) is 0.993. The number of rotatable bonds is 3. The number of hydrogen-bond acceptors (Lipinski definition) is 1. The molecule has 0 radical (unpaired) electrons. The molecule has 1 rings (SSSR count). The summed E-state index contributed by atoms with van der Waals surface area (Å²) >= 11 is 3.42. The van der Waals surface area contributed by atoms with E-state index >= 15 is 0 Å². The van der Waals surface area contributed by atoms with Crippen molar-refractivity contribution < 1.29 is 0 Å². The molecule has 0 heterocycles. The van der Waals surface area contributed by atoms with Crippen LogP contribution in [0.3, 0.4) is 0 Å². The van der Waals surface area contributed by atoms with Gasteiger partial charge in [-0.3, -0.25) is 0 Å². The van der Waals surface area contributed by atoms with Gasteiger partial charge in [-0.1, -0.05) is 22.0 Å². The van der Waals surface area contributed by atoms with Gasteiger partial charge in [-0.15, -0.1) is 11.8 Å². The number of nitrogens with one attached hydrogen (secondary N) is 1. The monoisotopic (exact) mass is 237 g/mol. The van der Waals surface area contributed by atoms with Crippen molar-refractivity contribution in [1.29, 1.82) is 0 Å². The Balaban J connectivity index is 2.39. The van der Waals surface area contributed by atoms with Crippen LogP contribution in [0.4, 0.5) is 5.69 Å². The smallest absolute Gasteiger partial charge is 0.0351 e. The summed E-state index contributed by atoms with van der Waals surface area (Å²) < 4.78 is 1.10. The molecule has 0 amide bonds. The SMILES string of the molecule is CC#CCCNc1cccc(Br)c1. The highest BCUT2D eigenvalue weighted by Crippen LogP contribution is 2.15. The molecular formula is C11H12BrN. The van der Waals surface area contributed by atoms with E-state index in [-0.39, 0.29) is 0 Å². The summed E-state index contributed by atoms with van der Waals surface area (Å²) in [5.41, 5.74) is 1.13. The number of anilines is 1. The van der Waals surface area contributed by atoms with E-state index in [1.54, 1.807) is 0 Å². The third kappa shape index (κ3) is 4.00. The van der Waals surface area contributed by atoms with Crippen LogP contribution < -0.4 is 5.32 Å². The molecule has 1 N–H and O–H groups in total. The highest BCUT2D eigenvalue weighted by molar-refractivity contribution is 9.10. The second-order valence-corrected chi connectivity index (χ2v) is 3.53. The van der Waals surface area contributed by atoms with E-state index in [0.29, 0.717) is 0 Å². The zero-order chi connectivity index (χ0) is 9.52. The first-order valence-electron chi connectivity index (χ1n) is 4.22. The second-order valence-electron chi connectivity index (χ2n) is 2.61. The minimum atomic E-state index is 0.892. The summed E-state index contributed by atoms with van der Waals surface area (Å²) in [6, 6.07) is 8.12. The molecule has 0 bridgehead atoms. The van der Waals surface area contributed by atoms with E-state index in [1.807, 2.05) is 25.1 Å². The standard InChI is InChI=1S/C11H12BrN/c1-2-3-4-8-13-11-7-5-6-10(12)9-11/h5-7,9,13H,4,8H2,1H3. The van der Waals surface area contributed by atoms with Gasteiger partial charge in [0.25, 0.3) is 0 Å². The van der Waals surface area contributed by atoms with Crippen molar-refractivity contribution in [3.05, 3.63) is 28.7 Å². The largest absolute Gasteiger partial charge is 0.384 e. The topological polar surface area (TPSA) is 12.0 Å². The van der Waals surface area contributed by atoms with Gasteiger partial charge in [0, 0.05) is 23.1 Å². The van der Waals surface area contributed by atoms with E-state index in [0.717, 1.165) is 23.1 Å². The Hall–Kier alpha value is -0.940. The first-order valence-corrected chi connectivity index (χ1v) is 5.01. The maximum absolute atomic E-state index is 3.42. The quantitative estimate of drug-likeness (QED) is 0.629. The molecular weight excluding hydrogens is 226 g/mol. The summed E-state index contributed by atoms with van der Waals surface area (Å²) in [7, 11) is 0. The predicted molar refractivity (Wildman–Crippen MR) is 60.7 cm³/mol. The van der Waals surface area contributed by atoms with Crippen LogP contribution in [-0.2, 0) is 0 Å². The van der Waals surface area contributed by atoms with Crippen molar-refractivity contribution in [3.8, 4) is 11.8 Å². The molecule has 0 aliphatic heterocycles. The van der Waals surface area contributed by atoms with Crippen LogP contribution in [0.25, 0.3) is 0 Å². The lowest BCUT2D eigenvalue weighted by Gasteiger charge is -2.03. The average Bonchev–Trinajstić information content (AvgIpc) is 2.13. The number of hydrogen-bond donors (Lipinski definition) is 1. The molecule has 13 heavy (non-hydrogen) atoms. The van der Waals surface area contributed by atoms with Crippen molar-refractivity contribution in [2.24, 2.45) is 0 Å². The first-order chi connectivity index (χ1) is 6.33. The summed E-state index contributed by atoms with van der Waals surface area (Å²) in [6.45, 7) is 2.76. The molecule has 1 nitrogen and oxygen atoms in total. The molecule has 0 aliphatic carbocycles. The number of benzene rings is 1. The molecule has 0 saturated heterocycles. The van der Waals surface area contributed by atoms with Crippen LogP contribution in [0.15, 0.2) is 28.7 Å². The van der Waals surface area contributed by atoms with Crippen molar-refractivity contribution in [3.63, 3.8) is 0 Å². The summed E-state index contributed by atoms with van der Waals surface area (Å²) in [5.74, 6) is 5.87. The second kappa shape index (κ2) is 5.66. The maximum Gasteiger partial charge on any atom is 0.0351 e. The van der Waals surface area contributed by atoms with Crippen LogP contribution in [0.2, 0.25) is 0 Å². The normalized spacial score (nSPS) is 8.77. The third-order valence-electron chi connectivity index (χ3n) is 1.58. The Bertz CT molecular complexity index is 322. The van der Waals surface area contributed by atoms with Gasteiger partial charge < -0.3 is 5.32 Å². The fourth-order valence-corrected chi connectivity index (χ4v) is 1.39. The molecule has 0 saturated carbocycles. The van der Waals surface area contributed by atoms with Gasteiger partial charge in [0.1, 0.15) is 0 Å². The van der Waals surface area contributed by atoms with Crippen LogP contribution in [0, 0.1) is 11.8 Å². The lowest BCUT2D eigenvalue weighted by Crippen LogP contribution is -1.99. The van der Waals surface area contributed by atoms with E-state index in [2.05, 4.69) is 39.2 Å². The lowest BCUT2D eigenvalue weighted by atomic mass is 10.3. The Morgan fingerprint density at radius 2 is 2.31 bits per heavy atom. The van der Waals surface area contributed by atoms with Crippen LogP contribution in [0.1, 0.15) is 13.3 Å². The van der Waals surface area contributed by atoms with Crippen LogP contribution in [-0.4, -0.2) is 6.54 Å². The van der Waals surface area contributed by atoms with Gasteiger partial charge in [-0.2, -0.15) is 0 Å². The minimum absolute atomic E-state index is 0.892. The summed E-state index contributed by atoms with van der Waals surface area (Å²) in [4.78, 5) is 0. The van der Waals surface area contributed by atoms with Gasteiger partial charge in [0.2, 0.25) is 0 Å². The minimum Gasteiger partial charge on any atom is -0.384 e. The van der Waals surface area contributed by atoms with Gasteiger partial charge in [0.15, 0.2) is 0 Å². The molecule has 1 aromatic carbocycles. The Labute approximate surface area is 87.7 Å². The van der Waals surface area contributed by atoms with E-state index < -0.39 is 0 Å². The van der Waals surface area contributed by atoms with Crippen LogP contribution in [0.5, 0.6) is 0 Å². The Morgan fingerprint density at radius 3 is 3.00 bits per heavy atom. The molecule has 68 valence electrons. The molecule has 0 aliphatic rings. The third-order valence-corrected chi connectivity index (χ3v) is 2.07. The van der Waals surface area contributed by atoms with E-state index in [1.165, 1.54) is 0 Å². The molecule has 0 aromatic heterocycles. The molecule has 0 unspecified atom stereocenters. The van der Waals surface area contributed by atoms with E-state index in [4.69, 9.17) is 0 Å². The zero-order valence-corrected chi connectivity index (χ0v) is 9.19. The van der Waals surface area contributed by atoms with Crippen molar-refractivity contribution >= 4 is 21.6 Å². The molecule has 0 fully saturated rings. The predicted octanol–water partition coefficient (Wildman–Crippen LogP) is 3.27. The van der Waals surface area contributed by atoms with Crippen LogP contribution >= 0.6 is 15.9 Å². The van der Waals surface area contributed by atoms with Gasteiger partial charge in [-0.25, -0.2) is 0 Å². The molecule has 0 spiro atoms. The zero-order valence-electron chi connectivity index (χ0n) is 7.60. The first kappa shape index (κ1) is 10.1. The number of halogens is 1. The average molecular weight is 238 g/mol. The highest BCUT2D eigenvalue weighted by Gasteiger charge is 1.90. The van der Waals surface area contributed by atoms with Gasteiger partial charge in [-0.05, 0) is 25.1 Å². The van der Waals surface area contributed by atoms with Crippen molar-refractivity contribution in [2.45, 2.75) is 13.3 Å². The van der Waals surface area contributed by atoms with Crippen molar-refractivity contribution in [2.75, 3.05) is 11.9 Å². The Morgan fingerprint density at radius 1 is 1.46 bits per heavy atom. The van der Waals surface area contributed by atoms with Crippen molar-refractivity contribution in [1.82, 2.24) is 0 Å². The Kier molecular flexibility index (Phi) is 4.42. The van der Waals surface area contributed by atoms with E-state index in [9.17, 15) is 0 Å². The van der Waals surface area contributed by atoms with Gasteiger partial charge in [0.05, 0.1) is 0 Å². The molecule has 0 atom stereocenters. The molecule has 1 aromatic rings. The maximum atomic E-state index is 3.42.